The van der Waals surface area contributed by atoms with Crippen molar-refractivity contribution in [2.24, 2.45) is 0 Å². The second-order valence-electron chi connectivity index (χ2n) is 10.9. The van der Waals surface area contributed by atoms with Crippen molar-refractivity contribution in [3.05, 3.63) is 94.8 Å². The van der Waals surface area contributed by atoms with Crippen LogP contribution in [0.5, 0.6) is 11.5 Å². The van der Waals surface area contributed by atoms with Gasteiger partial charge in [-0.05, 0) is 65.4 Å². The van der Waals surface area contributed by atoms with Gasteiger partial charge in [-0.1, -0.05) is 18.2 Å². The number of pyridine rings is 1. The van der Waals surface area contributed by atoms with Gasteiger partial charge in [0, 0.05) is 53.4 Å². The number of nitrogens with zero attached hydrogens (tertiary/aromatic N) is 2. The number of hydrogen-bond acceptors (Lipinski definition) is 7. The topological polar surface area (TPSA) is 125 Å². The second-order valence-corrected chi connectivity index (χ2v) is 11.2. The molecule has 0 radical (unpaired) electrons. The minimum atomic E-state index is -0.246. The van der Waals surface area contributed by atoms with E-state index >= 15 is 0 Å². The molecular weight excluding hydrogens is 582 g/mol. The molecule has 0 bridgehead atoms. The van der Waals surface area contributed by atoms with Crippen molar-refractivity contribution in [3.8, 4) is 11.5 Å². The van der Waals surface area contributed by atoms with E-state index < -0.39 is 0 Å². The maximum absolute atomic E-state index is 13.8. The van der Waals surface area contributed by atoms with Crippen LogP contribution in [0.1, 0.15) is 43.5 Å². The average Bonchev–Trinajstić information content (AvgIpc) is 3.62. The molecule has 2 aromatic heterocycles. The van der Waals surface area contributed by atoms with Gasteiger partial charge in [0.1, 0.15) is 29.4 Å². The number of aromatic amines is 1. The van der Waals surface area contributed by atoms with Crippen LogP contribution in [0.3, 0.4) is 0 Å². The number of benzene rings is 3. The third kappa shape index (κ3) is 5.74. The maximum atomic E-state index is 13.8. The van der Waals surface area contributed by atoms with Crippen LogP contribution in [0.2, 0.25) is 0 Å². The first-order valence-corrected chi connectivity index (χ1v) is 15.0. The van der Waals surface area contributed by atoms with Gasteiger partial charge in [-0.15, -0.1) is 11.6 Å². The number of aryl methyl sites for hydroxylation is 1. The molecule has 1 amide bonds. The van der Waals surface area contributed by atoms with Crippen molar-refractivity contribution in [2.45, 2.75) is 19.3 Å². The Morgan fingerprint density at radius 2 is 1.91 bits per heavy atom. The van der Waals surface area contributed by atoms with E-state index in [2.05, 4.69) is 9.97 Å². The molecule has 0 fully saturated rings. The van der Waals surface area contributed by atoms with E-state index in [9.17, 15) is 14.7 Å². The molecule has 3 heterocycles. The number of aromatic hydroxyl groups is 1. The summed E-state index contributed by atoms with van der Waals surface area (Å²) in [5.74, 6) is 0.689. The summed E-state index contributed by atoms with van der Waals surface area (Å²) in [5, 5.41) is 22.0. The zero-order valence-corrected chi connectivity index (χ0v) is 24.9. The van der Waals surface area contributed by atoms with Gasteiger partial charge in [0.15, 0.2) is 5.78 Å². The number of halogens is 1. The number of amides is 1. The molecule has 1 aliphatic heterocycles. The van der Waals surface area contributed by atoms with Crippen LogP contribution in [-0.4, -0.2) is 70.7 Å². The largest absolute Gasteiger partial charge is 0.507 e. The molecule has 0 saturated carbocycles. The number of ketones is 1. The number of Topliss-reactive ketones (excluding diaryl/α,β-unsaturated/α-hetero) is 1. The predicted octanol–water partition coefficient (Wildman–Crippen LogP) is 5.53. The quantitative estimate of drug-likeness (QED) is 0.102. The van der Waals surface area contributed by atoms with Gasteiger partial charge in [-0.3, -0.25) is 9.59 Å². The molecular formula is C34H32ClN3O6. The summed E-state index contributed by atoms with van der Waals surface area (Å²) >= 11 is 6.39. The number of alkyl halides is 1. The van der Waals surface area contributed by atoms with E-state index in [0.717, 1.165) is 32.8 Å². The number of rotatable bonds is 11. The van der Waals surface area contributed by atoms with Gasteiger partial charge in [-0.2, -0.15) is 0 Å². The lowest BCUT2D eigenvalue weighted by Gasteiger charge is -2.18. The molecule has 226 valence electrons. The highest BCUT2D eigenvalue weighted by atomic mass is 35.5. The van der Waals surface area contributed by atoms with E-state index in [-0.39, 0.29) is 43.0 Å². The standard InChI is InChI=1S/C34H32ClN3O6/c1-20-3-2-4-26-30(41)16-28-32(31(20)26)24(17-35)19-38(28)34(42)27-15-23-13-21(18-36-33(23)37-27)14-29(40)22-5-7-25(8-6-22)44-12-11-43-10-9-39/h2-8,13,15-16,18,24,39,41H,9-12,14,17,19H2,1H3,(H,36,37)/t24-/m1/s1. The smallest absolute Gasteiger partial charge is 0.274 e. The Morgan fingerprint density at radius 1 is 1.09 bits per heavy atom. The fourth-order valence-corrected chi connectivity index (χ4v) is 6.10. The lowest BCUT2D eigenvalue weighted by atomic mass is 9.92. The van der Waals surface area contributed by atoms with Crippen LogP contribution in [0.4, 0.5) is 5.69 Å². The SMILES string of the molecule is Cc1cccc2c(O)cc3c(c12)[C@H](CCl)CN3C(=O)c1cc2cc(CC(=O)c3ccc(OCCOCCO)cc3)cnc2[nH]1. The van der Waals surface area contributed by atoms with Crippen LogP contribution >= 0.6 is 11.6 Å². The van der Waals surface area contributed by atoms with E-state index in [4.69, 9.17) is 26.2 Å². The minimum absolute atomic E-state index is 0.0324. The van der Waals surface area contributed by atoms with Crippen molar-refractivity contribution >= 4 is 50.8 Å². The summed E-state index contributed by atoms with van der Waals surface area (Å²) in [7, 11) is 0. The minimum Gasteiger partial charge on any atom is -0.507 e. The van der Waals surface area contributed by atoms with Crippen molar-refractivity contribution in [1.82, 2.24) is 9.97 Å². The van der Waals surface area contributed by atoms with Gasteiger partial charge in [-0.25, -0.2) is 4.98 Å². The molecule has 1 aliphatic rings. The van der Waals surface area contributed by atoms with Crippen molar-refractivity contribution in [2.75, 3.05) is 43.8 Å². The molecule has 0 spiro atoms. The summed E-state index contributed by atoms with van der Waals surface area (Å²) in [6, 6.07) is 17.9. The predicted molar refractivity (Wildman–Crippen MR) is 169 cm³/mol. The van der Waals surface area contributed by atoms with Crippen LogP contribution in [0, 0.1) is 6.92 Å². The summed E-state index contributed by atoms with van der Waals surface area (Å²) in [5.41, 5.74) is 4.82. The molecule has 10 heteroatoms. The molecule has 9 nitrogen and oxygen atoms in total. The van der Waals surface area contributed by atoms with E-state index in [0.29, 0.717) is 54.0 Å². The van der Waals surface area contributed by atoms with Crippen LogP contribution in [0.25, 0.3) is 21.8 Å². The number of ether oxygens (including phenoxy) is 2. The first kappa shape index (κ1) is 29.6. The molecule has 5 aromatic rings. The van der Waals surface area contributed by atoms with Gasteiger partial charge in [0.05, 0.1) is 25.5 Å². The summed E-state index contributed by atoms with van der Waals surface area (Å²) in [6.45, 7) is 3.33. The van der Waals surface area contributed by atoms with E-state index in [1.807, 2.05) is 31.2 Å². The second kappa shape index (κ2) is 12.7. The molecule has 3 aromatic carbocycles. The highest BCUT2D eigenvalue weighted by Crippen LogP contribution is 2.46. The third-order valence-corrected chi connectivity index (χ3v) is 8.30. The number of carbonyl (C=O) groups excluding carboxylic acids is 2. The number of aromatic nitrogens is 2. The van der Waals surface area contributed by atoms with Crippen LogP contribution in [-0.2, 0) is 11.2 Å². The first-order chi connectivity index (χ1) is 21.4. The zero-order chi connectivity index (χ0) is 30.8. The fourth-order valence-electron chi connectivity index (χ4n) is 5.84. The average molecular weight is 614 g/mol. The van der Waals surface area contributed by atoms with Gasteiger partial charge in [0.25, 0.3) is 5.91 Å². The molecule has 44 heavy (non-hydrogen) atoms. The Hall–Kier alpha value is -4.44. The number of H-pyrrole nitrogens is 1. The molecule has 3 N–H and O–H groups in total. The number of nitrogens with one attached hydrogen (secondary N) is 1. The number of phenolic OH excluding ortho intramolecular Hbond substituents is 1. The summed E-state index contributed by atoms with van der Waals surface area (Å²) in [4.78, 5) is 36.1. The van der Waals surface area contributed by atoms with Crippen molar-refractivity contribution in [1.29, 1.82) is 0 Å². The third-order valence-electron chi connectivity index (χ3n) is 7.93. The maximum Gasteiger partial charge on any atom is 0.274 e. The molecule has 0 aliphatic carbocycles. The monoisotopic (exact) mass is 613 g/mol. The number of phenols is 1. The first-order valence-electron chi connectivity index (χ1n) is 14.4. The highest BCUT2D eigenvalue weighted by Gasteiger charge is 2.35. The number of hydrogen-bond donors (Lipinski definition) is 3. The zero-order valence-electron chi connectivity index (χ0n) is 24.2. The van der Waals surface area contributed by atoms with Gasteiger partial charge in [0.2, 0.25) is 0 Å². The molecule has 6 rings (SSSR count). The molecule has 0 unspecified atom stereocenters. The van der Waals surface area contributed by atoms with E-state index in [1.165, 1.54) is 0 Å². The Kier molecular flexibility index (Phi) is 8.52. The lowest BCUT2D eigenvalue weighted by molar-refractivity contribution is 0.0705. The molecule has 0 saturated heterocycles. The number of anilines is 1. The summed E-state index contributed by atoms with van der Waals surface area (Å²) in [6.07, 6.45) is 1.78. The Labute approximate surface area is 259 Å². The number of aliphatic hydroxyl groups is 1. The molecule has 1 atom stereocenters. The fraction of sp³-hybridized carbons (Fsp3) is 0.265. The van der Waals surface area contributed by atoms with E-state index in [1.54, 1.807) is 47.5 Å². The van der Waals surface area contributed by atoms with Crippen LogP contribution < -0.4 is 9.64 Å². The number of aliphatic hydroxyl groups excluding tert-OH is 1. The van der Waals surface area contributed by atoms with Crippen molar-refractivity contribution < 1.29 is 29.3 Å². The Morgan fingerprint density at radius 3 is 2.68 bits per heavy atom. The van der Waals surface area contributed by atoms with Crippen LogP contribution in [0.15, 0.2) is 66.9 Å². The lowest BCUT2D eigenvalue weighted by Crippen LogP contribution is -2.30. The van der Waals surface area contributed by atoms with Gasteiger partial charge < -0.3 is 29.6 Å². The Bertz CT molecular complexity index is 1850. The van der Waals surface area contributed by atoms with Crippen molar-refractivity contribution in [3.63, 3.8) is 0 Å². The Balaban J connectivity index is 1.18. The number of fused-ring (bicyclic) bond motifs is 4. The van der Waals surface area contributed by atoms with Gasteiger partial charge >= 0.3 is 0 Å². The number of carbonyl (C=O) groups is 2. The normalized spacial score (nSPS) is 14.3. The summed E-state index contributed by atoms with van der Waals surface area (Å²) < 4.78 is 10.8. The highest BCUT2D eigenvalue weighted by molar-refractivity contribution is 6.19.